The molecule has 59 heavy (non-hydrogen) atoms. The fourth-order valence-corrected chi connectivity index (χ4v) is 9.38. The van der Waals surface area contributed by atoms with Crippen molar-refractivity contribution in [1.82, 2.24) is 19.5 Å². The van der Waals surface area contributed by atoms with E-state index in [1.54, 1.807) is 0 Å². The molecule has 0 bridgehead atoms. The van der Waals surface area contributed by atoms with Gasteiger partial charge in [-0.3, -0.25) is 0 Å². The fourth-order valence-electron chi connectivity index (χ4n) is 9.38. The van der Waals surface area contributed by atoms with Gasteiger partial charge in [0.2, 0.25) is 0 Å². The first kappa shape index (κ1) is 33.5. The first-order valence-corrected chi connectivity index (χ1v) is 20.1. The summed E-state index contributed by atoms with van der Waals surface area (Å²) in [4.78, 5) is 15.4. The summed E-state index contributed by atoms with van der Waals surface area (Å²) in [5, 5.41) is 4.60. The standard InChI is InChI=1S/C54H36N4O/c1-54(2)45-25-12-9-20-39(45)43-31-44-40-21-10-13-26-47(40)58(48(44)32-46(43)54)37-29-35(38-23-15-24-42-41-22-11-14-27-49(41)59-50(38)42)28-36(30-37)53-56-51(33-16-5-3-6-17-33)55-52(57-53)34-18-7-4-8-19-34/h3-32H,1-2H3. The van der Waals surface area contributed by atoms with Gasteiger partial charge in [0.15, 0.2) is 17.5 Å². The molecule has 0 amide bonds. The normalized spacial score (nSPS) is 13.1. The Balaban J connectivity index is 1.17. The second-order valence-corrected chi connectivity index (χ2v) is 16.0. The van der Waals surface area contributed by atoms with Crippen LogP contribution < -0.4 is 0 Å². The van der Waals surface area contributed by atoms with Crippen LogP contribution in [0, 0.1) is 0 Å². The molecule has 0 spiro atoms. The zero-order chi connectivity index (χ0) is 39.2. The highest BCUT2D eigenvalue weighted by Crippen LogP contribution is 2.51. The maximum atomic E-state index is 6.66. The lowest BCUT2D eigenvalue weighted by Crippen LogP contribution is -2.15. The molecule has 0 saturated heterocycles. The van der Waals surface area contributed by atoms with Crippen molar-refractivity contribution in [2.24, 2.45) is 0 Å². The highest BCUT2D eigenvalue weighted by molar-refractivity contribution is 6.12. The quantitative estimate of drug-likeness (QED) is 0.175. The van der Waals surface area contributed by atoms with Gasteiger partial charge >= 0.3 is 0 Å². The van der Waals surface area contributed by atoms with Gasteiger partial charge in [-0.15, -0.1) is 0 Å². The molecule has 3 heterocycles. The molecule has 1 aliphatic carbocycles. The number of hydrogen-bond acceptors (Lipinski definition) is 4. The summed E-state index contributed by atoms with van der Waals surface area (Å²) in [6, 6.07) is 64.2. The van der Waals surface area contributed by atoms with E-state index in [0.29, 0.717) is 17.5 Å². The van der Waals surface area contributed by atoms with Crippen LogP contribution in [0.2, 0.25) is 0 Å². The van der Waals surface area contributed by atoms with Gasteiger partial charge in [-0.2, -0.15) is 0 Å². The number of rotatable bonds is 5. The summed E-state index contributed by atoms with van der Waals surface area (Å²) in [7, 11) is 0. The molecule has 0 radical (unpaired) electrons. The average molecular weight is 757 g/mol. The SMILES string of the molecule is CC1(C)c2ccccc2-c2cc3c4ccccc4n(-c4cc(-c5nc(-c6ccccc6)nc(-c6ccccc6)n5)cc(-c5cccc6c5oc5ccccc56)c4)c3cc21. The lowest BCUT2D eigenvalue weighted by atomic mass is 9.82. The lowest BCUT2D eigenvalue weighted by Gasteiger charge is -2.22. The molecule has 12 rings (SSSR count). The van der Waals surface area contributed by atoms with Crippen molar-refractivity contribution in [2.75, 3.05) is 0 Å². The van der Waals surface area contributed by atoms with Gasteiger partial charge < -0.3 is 8.98 Å². The first-order valence-electron chi connectivity index (χ1n) is 20.1. The smallest absolute Gasteiger partial charge is 0.164 e. The third-order valence-electron chi connectivity index (χ3n) is 12.2. The zero-order valence-electron chi connectivity index (χ0n) is 32.5. The third-order valence-corrected chi connectivity index (χ3v) is 12.2. The van der Waals surface area contributed by atoms with Crippen LogP contribution >= 0.6 is 0 Å². The molecule has 5 heteroatoms. The summed E-state index contributed by atoms with van der Waals surface area (Å²) in [6.45, 7) is 4.69. The van der Waals surface area contributed by atoms with E-state index in [2.05, 4.69) is 128 Å². The molecule has 8 aromatic carbocycles. The molecule has 5 nitrogen and oxygen atoms in total. The Bertz CT molecular complexity index is 3410. The fraction of sp³-hybridized carbons (Fsp3) is 0.0556. The van der Waals surface area contributed by atoms with Crippen LogP contribution in [0.15, 0.2) is 186 Å². The number of benzene rings is 8. The molecular formula is C54H36N4O. The highest BCUT2D eigenvalue weighted by atomic mass is 16.3. The summed E-state index contributed by atoms with van der Waals surface area (Å²) in [5.74, 6) is 1.83. The van der Waals surface area contributed by atoms with E-state index in [9.17, 15) is 0 Å². The number of nitrogens with zero attached hydrogens (tertiary/aromatic N) is 4. The predicted molar refractivity (Wildman–Crippen MR) is 241 cm³/mol. The number of para-hydroxylation sites is 3. The number of aromatic nitrogens is 4. The number of hydrogen-bond donors (Lipinski definition) is 0. The molecule has 1 aliphatic rings. The summed E-state index contributed by atoms with van der Waals surface area (Å²) in [6.07, 6.45) is 0. The monoisotopic (exact) mass is 756 g/mol. The molecule has 0 N–H and O–H groups in total. The average Bonchev–Trinajstić information content (AvgIpc) is 3.91. The third kappa shape index (κ3) is 5.14. The Hall–Kier alpha value is -7.63. The van der Waals surface area contributed by atoms with Crippen LogP contribution in [-0.4, -0.2) is 19.5 Å². The lowest BCUT2D eigenvalue weighted by molar-refractivity contribution is 0.661. The summed E-state index contributed by atoms with van der Waals surface area (Å²) in [5.41, 5.74) is 14.9. The molecule has 278 valence electrons. The molecule has 0 atom stereocenters. The van der Waals surface area contributed by atoms with Crippen LogP contribution in [0.3, 0.4) is 0 Å². The molecule has 3 aromatic heterocycles. The van der Waals surface area contributed by atoms with Crippen LogP contribution in [0.25, 0.3) is 106 Å². The van der Waals surface area contributed by atoms with E-state index in [1.165, 1.54) is 33.0 Å². The second kappa shape index (κ2) is 12.7. The highest BCUT2D eigenvalue weighted by Gasteiger charge is 2.36. The Morgan fingerprint density at radius 3 is 1.76 bits per heavy atom. The minimum Gasteiger partial charge on any atom is -0.455 e. The van der Waals surface area contributed by atoms with Crippen molar-refractivity contribution in [3.63, 3.8) is 0 Å². The van der Waals surface area contributed by atoms with E-state index < -0.39 is 0 Å². The molecule has 0 saturated carbocycles. The van der Waals surface area contributed by atoms with E-state index >= 15 is 0 Å². The predicted octanol–water partition coefficient (Wildman–Crippen LogP) is 13.8. The van der Waals surface area contributed by atoms with Gasteiger partial charge in [0.1, 0.15) is 11.2 Å². The molecule has 0 aliphatic heterocycles. The van der Waals surface area contributed by atoms with Crippen LogP contribution in [-0.2, 0) is 5.41 Å². The number of furan rings is 1. The van der Waals surface area contributed by atoms with Crippen LogP contribution in [0.1, 0.15) is 25.0 Å². The van der Waals surface area contributed by atoms with Gasteiger partial charge in [0, 0.05) is 54.9 Å². The van der Waals surface area contributed by atoms with E-state index in [4.69, 9.17) is 19.4 Å². The van der Waals surface area contributed by atoms with Gasteiger partial charge in [-0.1, -0.05) is 153 Å². The first-order chi connectivity index (χ1) is 29.0. The van der Waals surface area contributed by atoms with E-state index in [-0.39, 0.29) is 5.41 Å². The molecule has 11 aromatic rings. The summed E-state index contributed by atoms with van der Waals surface area (Å²) < 4.78 is 9.09. The van der Waals surface area contributed by atoms with Crippen molar-refractivity contribution in [1.29, 1.82) is 0 Å². The van der Waals surface area contributed by atoms with E-state index in [0.717, 1.165) is 66.5 Å². The maximum Gasteiger partial charge on any atom is 0.164 e. The van der Waals surface area contributed by atoms with Gasteiger partial charge in [-0.25, -0.2) is 15.0 Å². The van der Waals surface area contributed by atoms with E-state index in [1.807, 2.05) is 72.8 Å². The maximum absolute atomic E-state index is 6.66. The van der Waals surface area contributed by atoms with Gasteiger partial charge in [0.25, 0.3) is 0 Å². The largest absolute Gasteiger partial charge is 0.455 e. The van der Waals surface area contributed by atoms with Crippen molar-refractivity contribution in [2.45, 2.75) is 19.3 Å². The van der Waals surface area contributed by atoms with Crippen LogP contribution in [0.4, 0.5) is 0 Å². The Kier molecular flexibility index (Phi) is 7.20. The molecule has 0 fully saturated rings. The summed E-state index contributed by atoms with van der Waals surface area (Å²) >= 11 is 0. The number of fused-ring (bicyclic) bond motifs is 9. The minimum atomic E-state index is -0.155. The minimum absolute atomic E-state index is 0.155. The van der Waals surface area contributed by atoms with Crippen LogP contribution in [0.5, 0.6) is 0 Å². The van der Waals surface area contributed by atoms with Gasteiger partial charge in [0.05, 0.1) is 11.0 Å². The Labute approximate surface area is 340 Å². The topological polar surface area (TPSA) is 56.7 Å². The molecule has 0 unspecified atom stereocenters. The van der Waals surface area contributed by atoms with Crippen molar-refractivity contribution in [3.8, 4) is 62.1 Å². The van der Waals surface area contributed by atoms with Crippen molar-refractivity contribution in [3.05, 3.63) is 193 Å². The Morgan fingerprint density at radius 2 is 1.00 bits per heavy atom. The van der Waals surface area contributed by atoms with Crippen molar-refractivity contribution >= 4 is 43.7 Å². The Morgan fingerprint density at radius 1 is 0.407 bits per heavy atom. The van der Waals surface area contributed by atoms with Gasteiger partial charge in [-0.05, 0) is 70.3 Å². The van der Waals surface area contributed by atoms with Crippen molar-refractivity contribution < 1.29 is 4.42 Å². The second-order valence-electron chi connectivity index (χ2n) is 16.0. The zero-order valence-corrected chi connectivity index (χ0v) is 32.5. The molecular weight excluding hydrogens is 721 g/mol.